The van der Waals surface area contributed by atoms with Gasteiger partial charge in [0.2, 0.25) is 10.0 Å². The number of benzene rings is 1. The van der Waals surface area contributed by atoms with Crippen molar-refractivity contribution in [2.24, 2.45) is 4.99 Å². The molecule has 0 amide bonds. The highest BCUT2D eigenvalue weighted by Gasteiger charge is 2.17. The van der Waals surface area contributed by atoms with Crippen molar-refractivity contribution < 1.29 is 13.3 Å². The van der Waals surface area contributed by atoms with Crippen molar-refractivity contribution >= 4 is 45.6 Å². The van der Waals surface area contributed by atoms with Gasteiger partial charge in [0.1, 0.15) is 0 Å². The molecule has 0 saturated carbocycles. The molecule has 2 N–H and O–H groups in total. The molecule has 0 unspecified atom stereocenters. The molecule has 0 radical (unpaired) electrons. The van der Waals surface area contributed by atoms with Crippen LogP contribution in [0.4, 0.5) is 5.69 Å². The number of nitrogens with zero attached hydrogens (tertiary/aromatic N) is 3. The topological polar surface area (TPSA) is 117 Å². The molecule has 0 spiro atoms. The molecular formula is C18H30IN5O4S. The Kier molecular flexibility index (Phi) is 13.4. The fourth-order valence-electron chi connectivity index (χ4n) is 2.51. The maximum Gasteiger partial charge on any atom is 0.270 e. The Morgan fingerprint density at radius 3 is 2.66 bits per heavy atom. The largest absolute Gasteiger partial charge is 0.355 e. The van der Waals surface area contributed by atoms with E-state index in [9.17, 15) is 18.5 Å². The zero-order valence-electron chi connectivity index (χ0n) is 16.8. The lowest BCUT2D eigenvalue weighted by Crippen LogP contribution is -2.42. The molecule has 0 bridgehead atoms. The van der Waals surface area contributed by atoms with E-state index >= 15 is 0 Å². The Labute approximate surface area is 189 Å². The molecule has 0 heterocycles. The Balaban J connectivity index is 0.00000784. The molecule has 0 aliphatic heterocycles. The molecule has 0 saturated heterocycles. The van der Waals surface area contributed by atoms with Crippen molar-refractivity contribution in [2.45, 2.75) is 30.6 Å². The van der Waals surface area contributed by atoms with Crippen LogP contribution >= 0.6 is 24.0 Å². The predicted molar refractivity (Wildman–Crippen MR) is 126 cm³/mol. The lowest BCUT2D eigenvalue weighted by atomic mass is 10.2. The highest BCUT2D eigenvalue weighted by atomic mass is 127. The molecule has 29 heavy (non-hydrogen) atoms. The summed E-state index contributed by atoms with van der Waals surface area (Å²) in [6.07, 6.45) is 6.18. The van der Waals surface area contributed by atoms with E-state index in [1.54, 1.807) is 7.05 Å². The van der Waals surface area contributed by atoms with Crippen LogP contribution in [0.15, 0.2) is 46.8 Å². The minimum Gasteiger partial charge on any atom is -0.355 e. The predicted octanol–water partition coefficient (Wildman–Crippen LogP) is 2.74. The van der Waals surface area contributed by atoms with Gasteiger partial charge in [-0.15, -0.1) is 30.6 Å². The summed E-state index contributed by atoms with van der Waals surface area (Å²) in [6.45, 7) is 5.01. The summed E-state index contributed by atoms with van der Waals surface area (Å²) in [7, 11) is -0.223. The van der Waals surface area contributed by atoms with Crippen LogP contribution < -0.4 is 10.0 Å². The van der Waals surface area contributed by atoms with Crippen molar-refractivity contribution in [1.82, 2.24) is 14.9 Å². The Morgan fingerprint density at radius 2 is 2.03 bits per heavy atom. The van der Waals surface area contributed by atoms with Crippen LogP contribution in [0, 0.1) is 10.1 Å². The molecule has 0 fully saturated rings. The van der Waals surface area contributed by atoms with E-state index in [0.29, 0.717) is 12.5 Å². The summed E-state index contributed by atoms with van der Waals surface area (Å²) in [4.78, 5) is 16.2. The van der Waals surface area contributed by atoms with E-state index < -0.39 is 14.9 Å². The fourth-order valence-corrected chi connectivity index (χ4v) is 3.58. The number of sulfonamides is 1. The van der Waals surface area contributed by atoms with Crippen molar-refractivity contribution in [2.75, 3.05) is 33.7 Å². The molecular weight excluding hydrogens is 509 g/mol. The number of nitrogens with one attached hydrogen (secondary N) is 2. The van der Waals surface area contributed by atoms with Gasteiger partial charge in [0.15, 0.2) is 5.96 Å². The van der Waals surface area contributed by atoms with Crippen LogP contribution in [0.1, 0.15) is 25.7 Å². The van der Waals surface area contributed by atoms with Crippen LogP contribution in [-0.2, 0) is 10.0 Å². The molecule has 1 aromatic rings. The number of halogens is 1. The standard InChI is InChI=1S/C18H29N5O4S.HI/c1-4-5-6-7-8-14-22(3)18(19-2)20-12-13-21-28(26,27)17-11-9-10-16(15-17)23(24)25;/h4,9-11,15,21H,1,5-8,12-14H2,2-3H3,(H,19,20);1H. The number of nitro groups is 1. The fraction of sp³-hybridized carbons (Fsp3) is 0.500. The van der Waals surface area contributed by atoms with Gasteiger partial charge in [0, 0.05) is 45.9 Å². The number of non-ortho nitro benzene ring substituents is 1. The van der Waals surface area contributed by atoms with Crippen LogP contribution in [-0.4, -0.2) is 57.9 Å². The first-order valence-electron chi connectivity index (χ1n) is 9.08. The summed E-state index contributed by atoms with van der Waals surface area (Å²) >= 11 is 0. The zero-order valence-corrected chi connectivity index (χ0v) is 20.0. The molecule has 11 heteroatoms. The smallest absolute Gasteiger partial charge is 0.270 e. The second kappa shape index (κ2) is 14.3. The number of unbranched alkanes of at least 4 members (excludes halogenated alkanes) is 3. The molecule has 0 aliphatic rings. The second-order valence-corrected chi connectivity index (χ2v) is 7.95. The molecule has 164 valence electrons. The van der Waals surface area contributed by atoms with Crippen LogP contribution in [0.5, 0.6) is 0 Å². The quantitative estimate of drug-likeness (QED) is 0.0803. The third-order valence-electron chi connectivity index (χ3n) is 4.01. The van der Waals surface area contributed by atoms with Gasteiger partial charge in [0.25, 0.3) is 5.69 Å². The van der Waals surface area contributed by atoms with E-state index in [1.165, 1.54) is 18.2 Å². The number of hydrogen-bond donors (Lipinski definition) is 2. The van der Waals surface area contributed by atoms with Crippen LogP contribution in [0.3, 0.4) is 0 Å². The van der Waals surface area contributed by atoms with E-state index in [0.717, 1.165) is 38.3 Å². The maximum atomic E-state index is 12.3. The molecule has 1 rings (SSSR count). The summed E-state index contributed by atoms with van der Waals surface area (Å²) in [5, 5.41) is 13.9. The number of rotatable bonds is 12. The summed E-state index contributed by atoms with van der Waals surface area (Å²) in [5.74, 6) is 0.679. The summed E-state index contributed by atoms with van der Waals surface area (Å²) < 4.78 is 27.0. The molecule has 0 aliphatic carbocycles. The average Bonchev–Trinajstić information content (AvgIpc) is 2.67. The van der Waals surface area contributed by atoms with Crippen molar-refractivity contribution in [3.05, 3.63) is 47.0 Å². The van der Waals surface area contributed by atoms with Crippen LogP contribution in [0.2, 0.25) is 0 Å². The molecule has 0 aromatic heterocycles. The lowest BCUT2D eigenvalue weighted by Gasteiger charge is -2.22. The summed E-state index contributed by atoms with van der Waals surface area (Å²) in [6, 6.07) is 4.95. The summed E-state index contributed by atoms with van der Waals surface area (Å²) in [5.41, 5.74) is -0.267. The second-order valence-electron chi connectivity index (χ2n) is 6.19. The third kappa shape index (κ3) is 10.0. The number of nitro benzene ring substituents is 1. The van der Waals surface area contributed by atoms with E-state index in [-0.39, 0.29) is 41.1 Å². The number of allylic oxidation sites excluding steroid dienone is 1. The number of hydrogen-bond acceptors (Lipinski definition) is 5. The van der Waals surface area contributed by atoms with Crippen molar-refractivity contribution in [3.63, 3.8) is 0 Å². The molecule has 1 aromatic carbocycles. The van der Waals surface area contributed by atoms with Gasteiger partial charge in [-0.2, -0.15) is 0 Å². The lowest BCUT2D eigenvalue weighted by molar-refractivity contribution is -0.385. The maximum absolute atomic E-state index is 12.3. The van der Waals surface area contributed by atoms with Gasteiger partial charge >= 0.3 is 0 Å². The zero-order chi connectivity index (χ0) is 21.0. The first kappa shape index (κ1) is 27.3. The third-order valence-corrected chi connectivity index (χ3v) is 5.47. The van der Waals surface area contributed by atoms with Gasteiger partial charge in [0.05, 0.1) is 9.82 Å². The van der Waals surface area contributed by atoms with Gasteiger partial charge < -0.3 is 10.2 Å². The number of guanidine groups is 1. The van der Waals surface area contributed by atoms with E-state index in [2.05, 4.69) is 21.6 Å². The highest BCUT2D eigenvalue weighted by molar-refractivity contribution is 14.0. The van der Waals surface area contributed by atoms with Gasteiger partial charge in [-0.05, 0) is 25.3 Å². The van der Waals surface area contributed by atoms with E-state index in [4.69, 9.17) is 0 Å². The minimum atomic E-state index is -3.82. The van der Waals surface area contributed by atoms with Crippen molar-refractivity contribution in [1.29, 1.82) is 0 Å². The normalized spacial score (nSPS) is 11.4. The van der Waals surface area contributed by atoms with Crippen molar-refractivity contribution in [3.8, 4) is 0 Å². The minimum absolute atomic E-state index is 0. The Hall–Kier alpha value is -1.73. The average molecular weight is 539 g/mol. The first-order valence-corrected chi connectivity index (χ1v) is 10.6. The Morgan fingerprint density at radius 1 is 1.31 bits per heavy atom. The Bertz CT molecular complexity index is 786. The van der Waals surface area contributed by atoms with Gasteiger partial charge in [-0.3, -0.25) is 15.1 Å². The highest BCUT2D eigenvalue weighted by Crippen LogP contribution is 2.16. The monoisotopic (exact) mass is 539 g/mol. The first-order chi connectivity index (χ1) is 13.3. The van der Waals surface area contributed by atoms with Gasteiger partial charge in [-0.1, -0.05) is 18.6 Å². The molecule has 0 atom stereocenters. The van der Waals surface area contributed by atoms with E-state index in [1.807, 2.05) is 18.0 Å². The number of aliphatic imine (C=N–C) groups is 1. The SMILES string of the molecule is C=CCCCCCN(C)C(=NC)NCCNS(=O)(=O)c1cccc([N+](=O)[O-])c1.I. The molecule has 9 nitrogen and oxygen atoms in total. The van der Waals surface area contributed by atoms with Crippen LogP contribution in [0.25, 0.3) is 0 Å². The van der Waals surface area contributed by atoms with Gasteiger partial charge in [-0.25, -0.2) is 13.1 Å².